The number of pyridine rings is 1. The van der Waals surface area contributed by atoms with Crippen LogP contribution >= 0.6 is 0 Å². The quantitative estimate of drug-likeness (QED) is 0.356. The highest BCUT2D eigenvalue weighted by atomic mass is 19.1. The number of fused-ring (bicyclic) bond motifs is 2. The number of carbonyl (C=O) groups is 1. The second-order valence-electron chi connectivity index (χ2n) is 9.69. The Kier molecular flexibility index (Phi) is 5.20. The topological polar surface area (TPSA) is 117 Å². The number of hydrogen-bond donors (Lipinski definition) is 1. The molecule has 5 heterocycles. The Hall–Kier alpha value is -4.61. The van der Waals surface area contributed by atoms with Crippen molar-refractivity contribution >= 4 is 11.6 Å². The highest BCUT2D eigenvalue weighted by Gasteiger charge is 2.30. The molecule has 4 aromatic heterocycles. The first-order valence-corrected chi connectivity index (χ1v) is 12.5. The van der Waals surface area contributed by atoms with Crippen LogP contribution in [-0.2, 0) is 13.0 Å². The third kappa shape index (κ3) is 3.80. The van der Waals surface area contributed by atoms with Crippen molar-refractivity contribution in [1.29, 1.82) is 0 Å². The molecule has 7 rings (SSSR count). The Balaban J connectivity index is 1.12. The maximum absolute atomic E-state index is 15.1. The van der Waals surface area contributed by atoms with Crippen LogP contribution in [0.15, 0.2) is 49.2 Å². The lowest BCUT2D eigenvalue weighted by atomic mass is 10.1. The van der Waals surface area contributed by atoms with Crippen molar-refractivity contribution in [1.82, 2.24) is 44.5 Å². The van der Waals surface area contributed by atoms with Gasteiger partial charge in [-0.25, -0.2) is 19.0 Å². The summed E-state index contributed by atoms with van der Waals surface area (Å²) < 4.78 is 25.7. The van der Waals surface area contributed by atoms with Crippen molar-refractivity contribution in [3.05, 3.63) is 83.3 Å². The number of aryl methyl sites for hydroxylation is 1. The SMILES string of the molecule is COc1ccc(-n2cnnn2)c(CNC(=O)c2cn3c(n2)CCC3c2cn3cc(C4CC4)ccc3n2)c1F. The first-order valence-electron chi connectivity index (χ1n) is 12.5. The van der Waals surface area contributed by atoms with E-state index in [4.69, 9.17) is 9.72 Å². The maximum atomic E-state index is 15.1. The van der Waals surface area contributed by atoms with Gasteiger partial charge >= 0.3 is 0 Å². The van der Waals surface area contributed by atoms with Crippen LogP contribution < -0.4 is 10.1 Å². The van der Waals surface area contributed by atoms with E-state index in [0.29, 0.717) is 11.6 Å². The summed E-state index contributed by atoms with van der Waals surface area (Å²) in [6.45, 7) is -0.0988. The number of imidazole rings is 2. The number of aromatic nitrogens is 8. The number of nitrogens with zero attached hydrogens (tertiary/aromatic N) is 8. The number of nitrogens with one attached hydrogen (secondary N) is 1. The summed E-state index contributed by atoms with van der Waals surface area (Å²) in [7, 11) is 1.38. The van der Waals surface area contributed by atoms with E-state index in [0.717, 1.165) is 30.0 Å². The predicted molar refractivity (Wildman–Crippen MR) is 133 cm³/mol. The molecule has 1 N–H and O–H groups in total. The molecule has 38 heavy (non-hydrogen) atoms. The third-order valence-electron chi connectivity index (χ3n) is 7.33. The van der Waals surface area contributed by atoms with Gasteiger partial charge in [0.1, 0.15) is 23.5 Å². The number of ether oxygens (including phenoxy) is 1. The van der Waals surface area contributed by atoms with Crippen molar-refractivity contribution in [2.45, 2.75) is 44.2 Å². The fourth-order valence-corrected chi connectivity index (χ4v) is 5.20. The molecule has 0 spiro atoms. The first kappa shape index (κ1) is 22.6. The zero-order valence-corrected chi connectivity index (χ0v) is 20.6. The fraction of sp³-hybridized carbons (Fsp3) is 0.308. The average molecular weight is 514 g/mol. The fourth-order valence-electron chi connectivity index (χ4n) is 5.20. The molecule has 1 saturated carbocycles. The molecule has 1 amide bonds. The van der Waals surface area contributed by atoms with Crippen LogP contribution in [0.2, 0.25) is 0 Å². The smallest absolute Gasteiger partial charge is 0.271 e. The van der Waals surface area contributed by atoms with E-state index >= 15 is 4.39 Å². The summed E-state index contributed by atoms with van der Waals surface area (Å²) in [5.74, 6) is 0.571. The summed E-state index contributed by atoms with van der Waals surface area (Å²) in [6.07, 6.45) is 11.5. The Morgan fingerprint density at radius 3 is 2.82 bits per heavy atom. The molecule has 11 nitrogen and oxygen atoms in total. The number of rotatable bonds is 7. The van der Waals surface area contributed by atoms with Gasteiger partial charge in [-0.15, -0.1) is 5.10 Å². The Labute approximate surface area is 216 Å². The van der Waals surface area contributed by atoms with Gasteiger partial charge in [-0.1, -0.05) is 6.07 Å². The van der Waals surface area contributed by atoms with Gasteiger partial charge in [0.25, 0.3) is 5.91 Å². The molecule has 0 radical (unpaired) electrons. The summed E-state index contributed by atoms with van der Waals surface area (Å²) in [5.41, 5.74) is 4.09. The second kappa shape index (κ2) is 8.75. The predicted octanol–water partition coefficient (Wildman–Crippen LogP) is 3.00. The van der Waals surface area contributed by atoms with E-state index in [9.17, 15) is 4.79 Å². The molecule has 12 heteroatoms. The van der Waals surface area contributed by atoms with E-state index in [1.165, 1.54) is 42.6 Å². The van der Waals surface area contributed by atoms with Gasteiger partial charge in [-0.3, -0.25) is 4.79 Å². The molecule has 0 bridgehead atoms. The lowest BCUT2D eigenvalue weighted by molar-refractivity contribution is 0.0945. The highest BCUT2D eigenvalue weighted by Crippen LogP contribution is 2.40. The minimum atomic E-state index is -0.593. The van der Waals surface area contributed by atoms with Crippen molar-refractivity contribution in [2.75, 3.05) is 7.11 Å². The molecule has 192 valence electrons. The molecule has 0 saturated heterocycles. The zero-order valence-electron chi connectivity index (χ0n) is 20.6. The summed E-state index contributed by atoms with van der Waals surface area (Å²) in [5, 5.41) is 13.9. The maximum Gasteiger partial charge on any atom is 0.271 e. The van der Waals surface area contributed by atoms with E-state index in [1.54, 1.807) is 12.3 Å². The summed E-state index contributed by atoms with van der Waals surface area (Å²) in [6, 6.07) is 7.37. The summed E-state index contributed by atoms with van der Waals surface area (Å²) >= 11 is 0. The summed E-state index contributed by atoms with van der Waals surface area (Å²) in [4.78, 5) is 22.5. The van der Waals surface area contributed by atoms with Gasteiger partial charge in [0, 0.05) is 37.1 Å². The molecular weight excluding hydrogens is 489 g/mol. The van der Waals surface area contributed by atoms with E-state index in [1.807, 2.05) is 4.57 Å². The minimum absolute atomic E-state index is 0.00516. The lowest BCUT2D eigenvalue weighted by Crippen LogP contribution is -2.25. The number of carbonyl (C=O) groups excluding carboxylic acids is 1. The van der Waals surface area contributed by atoms with Gasteiger partial charge in [0.05, 0.1) is 24.5 Å². The second-order valence-corrected chi connectivity index (χ2v) is 9.69. The van der Waals surface area contributed by atoms with Crippen LogP contribution in [-0.4, -0.2) is 52.2 Å². The largest absolute Gasteiger partial charge is 0.494 e. The number of benzene rings is 1. The average Bonchev–Trinajstić information content (AvgIpc) is 3.29. The Bertz CT molecular complexity index is 1670. The molecule has 1 aliphatic heterocycles. The van der Waals surface area contributed by atoms with E-state index in [-0.39, 0.29) is 29.6 Å². The van der Waals surface area contributed by atoms with E-state index in [2.05, 4.69) is 54.8 Å². The van der Waals surface area contributed by atoms with Crippen LogP contribution in [0.4, 0.5) is 4.39 Å². The molecule has 1 aliphatic carbocycles. The number of methoxy groups -OCH3 is 1. The Morgan fingerprint density at radius 1 is 1.13 bits per heavy atom. The van der Waals surface area contributed by atoms with Crippen LogP contribution in [0, 0.1) is 5.82 Å². The number of hydrogen-bond acceptors (Lipinski definition) is 7. The lowest BCUT2D eigenvalue weighted by Gasteiger charge is -2.13. The monoisotopic (exact) mass is 513 g/mol. The molecule has 1 atom stereocenters. The van der Waals surface area contributed by atoms with E-state index < -0.39 is 11.7 Å². The molecule has 5 aromatic rings. The first-order chi connectivity index (χ1) is 18.6. The van der Waals surface area contributed by atoms with Gasteiger partial charge in [-0.2, -0.15) is 0 Å². The zero-order chi connectivity index (χ0) is 25.8. The van der Waals surface area contributed by atoms with Gasteiger partial charge in [0.15, 0.2) is 11.6 Å². The van der Waals surface area contributed by atoms with Gasteiger partial charge < -0.3 is 19.0 Å². The van der Waals surface area contributed by atoms with Crippen LogP contribution in [0.1, 0.15) is 64.4 Å². The number of halogens is 1. The van der Waals surface area contributed by atoms with Gasteiger partial charge in [0.2, 0.25) is 0 Å². The van der Waals surface area contributed by atoms with Crippen molar-refractivity contribution < 1.29 is 13.9 Å². The molecule has 1 unspecified atom stereocenters. The highest BCUT2D eigenvalue weighted by molar-refractivity contribution is 5.92. The molecule has 1 fully saturated rings. The van der Waals surface area contributed by atoms with Crippen molar-refractivity contribution in [3.8, 4) is 11.4 Å². The van der Waals surface area contributed by atoms with Crippen LogP contribution in [0.3, 0.4) is 0 Å². The standard InChI is InChI=1S/C26H24FN9O2/c1-38-22-7-5-20(36-14-29-32-33-36)17(25(22)27)10-28-26(37)19-13-35-21(6-9-24(35)31-19)18-12-34-11-16(15-2-3-15)4-8-23(34)30-18/h4-5,7-8,11-15,21H,2-3,6,9-10H2,1H3,(H,28,37). The van der Waals surface area contributed by atoms with Crippen LogP contribution in [0.25, 0.3) is 11.3 Å². The third-order valence-corrected chi connectivity index (χ3v) is 7.33. The normalized spacial score (nSPS) is 16.6. The van der Waals surface area contributed by atoms with Crippen molar-refractivity contribution in [2.24, 2.45) is 0 Å². The van der Waals surface area contributed by atoms with Crippen molar-refractivity contribution in [3.63, 3.8) is 0 Å². The minimum Gasteiger partial charge on any atom is -0.494 e. The number of amides is 1. The molecule has 2 aliphatic rings. The van der Waals surface area contributed by atoms with Crippen LogP contribution in [0.5, 0.6) is 5.75 Å². The molecule has 1 aromatic carbocycles. The Morgan fingerprint density at radius 2 is 2.03 bits per heavy atom. The number of tetrazole rings is 1. The van der Waals surface area contributed by atoms with Gasteiger partial charge in [-0.05, 0) is 59.4 Å². The molecular formula is C26H24FN9O2.